The van der Waals surface area contributed by atoms with Crippen LogP contribution in [0.4, 0.5) is 0 Å². The van der Waals surface area contributed by atoms with Gasteiger partial charge in [-0.3, -0.25) is 9.59 Å². The van der Waals surface area contributed by atoms with Crippen LogP contribution in [0.1, 0.15) is 29.5 Å². The Morgan fingerprint density at radius 3 is 2.71 bits per heavy atom. The molecule has 0 bridgehead atoms. The number of hydrogen-bond donors (Lipinski definition) is 2. The standard InChI is InChI=1S/C11H14BrNO4/c1-6(3-9(14)15)5-13-11(16)10-7(2)4-8(12)17-10/h4,6H,3,5H2,1-2H3,(H,13,16)(H,14,15). The van der Waals surface area contributed by atoms with Crippen LogP contribution in [0.5, 0.6) is 0 Å². The van der Waals surface area contributed by atoms with E-state index in [0.717, 1.165) is 5.56 Å². The van der Waals surface area contributed by atoms with E-state index in [9.17, 15) is 9.59 Å². The molecule has 5 nitrogen and oxygen atoms in total. The van der Waals surface area contributed by atoms with Gasteiger partial charge in [0.1, 0.15) is 0 Å². The third-order valence-electron chi connectivity index (χ3n) is 2.23. The van der Waals surface area contributed by atoms with E-state index in [1.165, 1.54) is 0 Å². The van der Waals surface area contributed by atoms with Gasteiger partial charge in [0.05, 0.1) is 0 Å². The predicted molar refractivity (Wildman–Crippen MR) is 64.9 cm³/mol. The average Bonchev–Trinajstić information content (AvgIpc) is 2.53. The van der Waals surface area contributed by atoms with Gasteiger partial charge in [-0.25, -0.2) is 0 Å². The summed E-state index contributed by atoms with van der Waals surface area (Å²) in [4.78, 5) is 22.1. The molecule has 0 saturated heterocycles. The average molecular weight is 304 g/mol. The number of carboxylic acid groups (broad SMARTS) is 1. The third kappa shape index (κ3) is 4.22. The van der Waals surface area contributed by atoms with E-state index in [1.54, 1.807) is 19.9 Å². The summed E-state index contributed by atoms with van der Waals surface area (Å²) in [5, 5.41) is 11.2. The van der Waals surface area contributed by atoms with Crippen LogP contribution in [0.2, 0.25) is 0 Å². The van der Waals surface area contributed by atoms with E-state index < -0.39 is 5.97 Å². The Labute approximate surface area is 107 Å². The lowest BCUT2D eigenvalue weighted by Crippen LogP contribution is -2.29. The van der Waals surface area contributed by atoms with E-state index in [1.807, 2.05) is 0 Å². The molecule has 1 unspecified atom stereocenters. The summed E-state index contributed by atoms with van der Waals surface area (Å²) >= 11 is 3.14. The highest BCUT2D eigenvalue weighted by molar-refractivity contribution is 9.10. The van der Waals surface area contributed by atoms with Crippen molar-refractivity contribution in [2.24, 2.45) is 5.92 Å². The van der Waals surface area contributed by atoms with Crippen molar-refractivity contribution >= 4 is 27.8 Å². The van der Waals surface area contributed by atoms with Crippen LogP contribution in [0, 0.1) is 12.8 Å². The first-order chi connectivity index (χ1) is 7.90. The molecule has 94 valence electrons. The maximum Gasteiger partial charge on any atom is 0.303 e. The van der Waals surface area contributed by atoms with Gasteiger partial charge in [0.15, 0.2) is 10.4 Å². The van der Waals surface area contributed by atoms with Gasteiger partial charge in [0.2, 0.25) is 0 Å². The number of rotatable bonds is 5. The molecule has 1 aromatic rings. The van der Waals surface area contributed by atoms with Crippen molar-refractivity contribution in [1.29, 1.82) is 0 Å². The Kier molecular flexibility index (Phi) is 4.74. The Bertz CT molecular complexity index is 427. The summed E-state index contributed by atoms with van der Waals surface area (Å²) in [5.41, 5.74) is 0.736. The molecule has 1 heterocycles. The van der Waals surface area contributed by atoms with Crippen LogP contribution in [0.3, 0.4) is 0 Å². The number of halogens is 1. The summed E-state index contributed by atoms with van der Waals surface area (Å²) in [5.74, 6) is -1.07. The lowest BCUT2D eigenvalue weighted by atomic mass is 10.1. The smallest absolute Gasteiger partial charge is 0.303 e. The SMILES string of the molecule is Cc1cc(Br)oc1C(=O)NCC(C)CC(=O)O. The fourth-order valence-corrected chi connectivity index (χ4v) is 1.89. The number of carbonyl (C=O) groups excluding carboxylic acids is 1. The van der Waals surface area contributed by atoms with E-state index in [-0.39, 0.29) is 24.0 Å². The molecule has 0 aliphatic carbocycles. The third-order valence-corrected chi connectivity index (χ3v) is 2.62. The quantitative estimate of drug-likeness (QED) is 0.874. The summed E-state index contributed by atoms with van der Waals surface area (Å²) in [7, 11) is 0. The molecule has 0 spiro atoms. The predicted octanol–water partition coefficient (Wildman–Crippen LogP) is 2.19. The monoisotopic (exact) mass is 303 g/mol. The largest absolute Gasteiger partial charge is 0.481 e. The van der Waals surface area contributed by atoms with Crippen molar-refractivity contribution in [3.8, 4) is 0 Å². The second-order valence-corrected chi connectivity index (χ2v) is 4.76. The molecule has 0 aromatic carbocycles. The van der Waals surface area contributed by atoms with E-state index in [2.05, 4.69) is 21.2 Å². The van der Waals surface area contributed by atoms with Gasteiger partial charge < -0.3 is 14.8 Å². The zero-order valence-electron chi connectivity index (χ0n) is 9.62. The minimum Gasteiger partial charge on any atom is -0.481 e. The first-order valence-corrected chi connectivity index (χ1v) is 5.95. The molecule has 1 atom stereocenters. The fourth-order valence-electron chi connectivity index (χ4n) is 1.39. The number of aryl methyl sites for hydroxylation is 1. The molecule has 1 amide bonds. The van der Waals surface area contributed by atoms with E-state index >= 15 is 0 Å². The first-order valence-electron chi connectivity index (χ1n) is 5.16. The van der Waals surface area contributed by atoms with Crippen LogP contribution in [0.25, 0.3) is 0 Å². The summed E-state index contributed by atoms with van der Waals surface area (Å²) in [6, 6.07) is 1.70. The van der Waals surface area contributed by atoms with Crippen molar-refractivity contribution in [1.82, 2.24) is 5.32 Å². The van der Waals surface area contributed by atoms with Crippen molar-refractivity contribution in [2.45, 2.75) is 20.3 Å². The number of carbonyl (C=O) groups is 2. The number of amides is 1. The van der Waals surface area contributed by atoms with Crippen molar-refractivity contribution < 1.29 is 19.1 Å². The van der Waals surface area contributed by atoms with Crippen molar-refractivity contribution in [3.63, 3.8) is 0 Å². The molecule has 1 rings (SSSR count). The second kappa shape index (κ2) is 5.86. The number of furan rings is 1. The molecule has 0 saturated carbocycles. The summed E-state index contributed by atoms with van der Waals surface area (Å²) < 4.78 is 5.68. The normalized spacial score (nSPS) is 12.2. The lowest BCUT2D eigenvalue weighted by Gasteiger charge is -2.09. The minimum atomic E-state index is -0.872. The summed E-state index contributed by atoms with van der Waals surface area (Å²) in [6.07, 6.45) is 0.0289. The highest BCUT2D eigenvalue weighted by Gasteiger charge is 2.16. The molecule has 6 heteroatoms. The van der Waals surface area contributed by atoms with Gasteiger partial charge >= 0.3 is 5.97 Å². The molecule has 0 aliphatic rings. The fraction of sp³-hybridized carbons (Fsp3) is 0.455. The summed E-state index contributed by atoms with van der Waals surface area (Å²) in [6.45, 7) is 3.84. The molecule has 2 N–H and O–H groups in total. The molecule has 0 fully saturated rings. The molecule has 0 aliphatic heterocycles. The molecule has 0 radical (unpaired) electrons. The van der Waals surface area contributed by atoms with Crippen molar-refractivity contribution in [2.75, 3.05) is 6.54 Å². The topological polar surface area (TPSA) is 79.5 Å². The molecular formula is C11H14BrNO4. The van der Waals surface area contributed by atoms with Gasteiger partial charge in [-0.2, -0.15) is 0 Å². The first kappa shape index (κ1) is 13.8. The van der Waals surface area contributed by atoms with Crippen molar-refractivity contribution in [3.05, 3.63) is 22.1 Å². The second-order valence-electron chi connectivity index (χ2n) is 3.98. The van der Waals surface area contributed by atoms with E-state index in [0.29, 0.717) is 11.2 Å². The van der Waals surface area contributed by atoms with Gasteiger partial charge in [-0.05, 0) is 34.8 Å². The van der Waals surface area contributed by atoms with Crippen LogP contribution >= 0.6 is 15.9 Å². The number of hydrogen-bond acceptors (Lipinski definition) is 3. The van der Waals surface area contributed by atoms with Gasteiger partial charge in [-0.15, -0.1) is 0 Å². The molecule has 1 aromatic heterocycles. The zero-order valence-corrected chi connectivity index (χ0v) is 11.2. The Morgan fingerprint density at radius 2 is 2.24 bits per heavy atom. The Hall–Kier alpha value is -1.30. The molecular weight excluding hydrogens is 290 g/mol. The maximum absolute atomic E-state index is 11.7. The Morgan fingerprint density at radius 1 is 1.59 bits per heavy atom. The number of nitrogens with one attached hydrogen (secondary N) is 1. The van der Waals surface area contributed by atoms with Gasteiger partial charge in [-0.1, -0.05) is 6.92 Å². The maximum atomic E-state index is 11.7. The van der Waals surface area contributed by atoms with Crippen LogP contribution < -0.4 is 5.32 Å². The van der Waals surface area contributed by atoms with Gasteiger partial charge in [0, 0.05) is 18.5 Å². The lowest BCUT2D eigenvalue weighted by molar-refractivity contribution is -0.137. The van der Waals surface area contributed by atoms with Crippen LogP contribution in [-0.2, 0) is 4.79 Å². The Balaban J connectivity index is 2.50. The zero-order chi connectivity index (χ0) is 13.0. The number of carboxylic acids is 1. The van der Waals surface area contributed by atoms with E-state index in [4.69, 9.17) is 9.52 Å². The molecule has 17 heavy (non-hydrogen) atoms. The van der Waals surface area contributed by atoms with Crippen LogP contribution in [-0.4, -0.2) is 23.5 Å². The number of aliphatic carboxylic acids is 1. The highest BCUT2D eigenvalue weighted by Crippen LogP contribution is 2.19. The minimum absolute atomic E-state index is 0.0289. The van der Waals surface area contributed by atoms with Crippen LogP contribution in [0.15, 0.2) is 15.2 Å². The highest BCUT2D eigenvalue weighted by atomic mass is 79.9. The van der Waals surface area contributed by atoms with Gasteiger partial charge in [0.25, 0.3) is 5.91 Å².